The average Bonchev–Trinajstić information content (AvgIpc) is 2.51. The summed E-state index contributed by atoms with van der Waals surface area (Å²) in [5, 5.41) is 3.76. The lowest BCUT2D eigenvalue weighted by Gasteiger charge is -2.15. The molecule has 1 aliphatic rings. The highest BCUT2D eigenvalue weighted by molar-refractivity contribution is 5.81. The van der Waals surface area contributed by atoms with E-state index in [1.807, 2.05) is 6.07 Å². The molecule has 2 aromatic rings. The molecule has 0 saturated heterocycles. The van der Waals surface area contributed by atoms with Gasteiger partial charge in [0, 0.05) is 18.7 Å². The second-order valence-electron chi connectivity index (χ2n) is 5.21. The first kappa shape index (κ1) is 13.5. The van der Waals surface area contributed by atoms with Gasteiger partial charge in [0.2, 0.25) is 0 Å². The van der Waals surface area contributed by atoms with Gasteiger partial charge in [0.1, 0.15) is 0 Å². The van der Waals surface area contributed by atoms with Crippen molar-refractivity contribution in [3.05, 3.63) is 52.7 Å². The summed E-state index contributed by atoms with van der Waals surface area (Å²) < 4.78 is 1.38. The number of benzene rings is 1. The molecule has 0 saturated carbocycles. The van der Waals surface area contributed by atoms with E-state index in [0.29, 0.717) is 17.3 Å². The van der Waals surface area contributed by atoms with Gasteiger partial charge in [-0.25, -0.2) is 4.98 Å². The normalized spacial score (nSPS) is 14.6. The van der Waals surface area contributed by atoms with Crippen molar-refractivity contribution < 1.29 is 4.79 Å². The molecular formula is C16H17N3O2. The van der Waals surface area contributed by atoms with Gasteiger partial charge in [0.25, 0.3) is 5.56 Å². The fourth-order valence-corrected chi connectivity index (χ4v) is 2.51. The van der Waals surface area contributed by atoms with Crippen LogP contribution in [0.5, 0.6) is 0 Å². The summed E-state index contributed by atoms with van der Waals surface area (Å²) in [4.78, 5) is 28.6. The fourth-order valence-electron chi connectivity index (χ4n) is 2.51. The summed E-state index contributed by atoms with van der Waals surface area (Å²) in [7, 11) is 0. The minimum absolute atomic E-state index is 0.00910. The van der Waals surface area contributed by atoms with Gasteiger partial charge in [-0.3, -0.25) is 14.2 Å². The second-order valence-corrected chi connectivity index (χ2v) is 5.21. The largest absolute Gasteiger partial charge is 0.388 e. The van der Waals surface area contributed by atoms with Gasteiger partial charge < -0.3 is 5.32 Å². The Hall–Kier alpha value is -2.43. The molecule has 0 aliphatic carbocycles. The van der Waals surface area contributed by atoms with Gasteiger partial charge in [0.05, 0.1) is 23.8 Å². The maximum absolute atomic E-state index is 12.3. The number of para-hydroxylation sites is 1. The Balaban J connectivity index is 1.78. The zero-order valence-corrected chi connectivity index (χ0v) is 11.7. The van der Waals surface area contributed by atoms with E-state index < -0.39 is 0 Å². The number of aromatic nitrogens is 2. The zero-order valence-electron chi connectivity index (χ0n) is 11.7. The minimum Gasteiger partial charge on any atom is -0.388 e. The smallest absolute Gasteiger partial charge is 0.261 e. The number of hydrogen-bond acceptors (Lipinski definition) is 4. The molecule has 0 unspecified atom stereocenters. The molecule has 3 rings (SSSR count). The van der Waals surface area contributed by atoms with Crippen LogP contribution in [0.15, 0.2) is 47.2 Å². The van der Waals surface area contributed by atoms with E-state index in [4.69, 9.17) is 0 Å². The minimum atomic E-state index is -0.167. The van der Waals surface area contributed by atoms with Gasteiger partial charge in [-0.2, -0.15) is 0 Å². The van der Waals surface area contributed by atoms with Crippen LogP contribution in [0.25, 0.3) is 10.9 Å². The van der Waals surface area contributed by atoms with E-state index in [0.717, 1.165) is 25.1 Å². The Kier molecular flexibility index (Phi) is 3.81. The molecule has 1 N–H and O–H groups in total. The SMILES string of the molecule is O=C(CC1=CCCCN1)Cn1cnc2ccccc2c1=O. The monoisotopic (exact) mass is 283 g/mol. The quantitative estimate of drug-likeness (QED) is 0.926. The van der Waals surface area contributed by atoms with Crippen LogP contribution in [0, 0.1) is 0 Å². The molecule has 108 valence electrons. The van der Waals surface area contributed by atoms with Gasteiger partial charge in [-0.1, -0.05) is 18.2 Å². The van der Waals surface area contributed by atoms with E-state index in [-0.39, 0.29) is 17.9 Å². The Morgan fingerprint density at radius 3 is 3.00 bits per heavy atom. The van der Waals surface area contributed by atoms with Crippen molar-refractivity contribution in [1.29, 1.82) is 0 Å². The molecule has 1 aliphatic heterocycles. The third-order valence-corrected chi connectivity index (χ3v) is 3.59. The molecule has 0 atom stereocenters. The maximum atomic E-state index is 12.3. The van der Waals surface area contributed by atoms with Crippen LogP contribution >= 0.6 is 0 Å². The Morgan fingerprint density at radius 1 is 1.33 bits per heavy atom. The molecule has 0 spiro atoms. The van der Waals surface area contributed by atoms with Gasteiger partial charge in [-0.05, 0) is 25.0 Å². The van der Waals surface area contributed by atoms with Crippen LogP contribution < -0.4 is 10.9 Å². The Morgan fingerprint density at radius 2 is 2.19 bits per heavy atom. The number of carbonyl (C=O) groups is 1. The summed E-state index contributed by atoms with van der Waals surface area (Å²) in [5.74, 6) is 0.00910. The predicted octanol–water partition coefficient (Wildman–Crippen LogP) is 1.62. The van der Waals surface area contributed by atoms with Crippen molar-refractivity contribution in [2.75, 3.05) is 6.54 Å². The zero-order chi connectivity index (χ0) is 14.7. The van der Waals surface area contributed by atoms with Crippen molar-refractivity contribution in [3.63, 3.8) is 0 Å². The lowest BCUT2D eigenvalue weighted by molar-refractivity contribution is -0.119. The summed E-state index contributed by atoms with van der Waals surface area (Å²) in [6.45, 7) is 0.978. The lowest BCUT2D eigenvalue weighted by Crippen LogP contribution is -2.27. The number of hydrogen-bond donors (Lipinski definition) is 1. The highest BCUT2D eigenvalue weighted by atomic mass is 16.1. The number of fused-ring (bicyclic) bond motifs is 1. The van der Waals surface area contributed by atoms with Crippen LogP contribution in [-0.4, -0.2) is 21.9 Å². The van der Waals surface area contributed by atoms with Crippen molar-refractivity contribution >= 4 is 16.7 Å². The van der Waals surface area contributed by atoms with Crippen LogP contribution in [0.4, 0.5) is 0 Å². The van der Waals surface area contributed by atoms with Crippen molar-refractivity contribution in [2.24, 2.45) is 0 Å². The van der Waals surface area contributed by atoms with Gasteiger partial charge in [0.15, 0.2) is 5.78 Å². The summed E-state index contributed by atoms with van der Waals surface area (Å²) in [6.07, 6.45) is 5.96. The molecule has 1 aromatic carbocycles. The number of Topliss-reactive ketones (excluding diaryl/α,β-unsaturated/α-hetero) is 1. The molecule has 2 heterocycles. The highest BCUT2D eigenvalue weighted by Crippen LogP contribution is 2.08. The standard InChI is InChI=1S/C16H17N3O2/c20-13(9-12-5-3-4-8-17-12)10-19-11-18-15-7-2-1-6-14(15)16(19)21/h1-2,5-7,11,17H,3-4,8-10H2. The number of nitrogens with zero attached hydrogens (tertiary/aromatic N) is 2. The molecule has 0 bridgehead atoms. The first-order valence-electron chi connectivity index (χ1n) is 7.13. The van der Waals surface area contributed by atoms with Crippen LogP contribution in [0.1, 0.15) is 19.3 Å². The fraction of sp³-hybridized carbons (Fsp3) is 0.312. The van der Waals surface area contributed by atoms with E-state index in [1.165, 1.54) is 10.9 Å². The molecule has 0 radical (unpaired) electrons. The first-order valence-corrected chi connectivity index (χ1v) is 7.13. The first-order chi connectivity index (χ1) is 10.2. The van der Waals surface area contributed by atoms with E-state index >= 15 is 0 Å². The molecule has 5 heteroatoms. The highest BCUT2D eigenvalue weighted by Gasteiger charge is 2.11. The molecule has 0 fully saturated rings. The topological polar surface area (TPSA) is 64.0 Å². The molecule has 0 amide bonds. The third-order valence-electron chi connectivity index (χ3n) is 3.59. The van der Waals surface area contributed by atoms with Gasteiger partial charge >= 0.3 is 0 Å². The number of rotatable bonds is 4. The van der Waals surface area contributed by atoms with Crippen LogP contribution in [0.2, 0.25) is 0 Å². The van der Waals surface area contributed by atoms with Crippen molar-refractivity contribution in [2.45, 2.75) is 25.8 Å². The van der Waals surface area contributed by atoms with E-state index in [1.54, 1.807) is 18.2 Å². The molecule has 21 heavy (non-hydrogen) atoms. The number of allylic oxidation sites excluding steroid dienone is 2. The van der Waals surface area contributed by atoms with E-state index in [2.05, 4.69) is 16.4 Å². The number of ketones is 1. The molecule has 5 nitrogen and oxygen atoms in total. The average molecular weight is 283 g/mol. The van der Waals surface area contributed by atoms with E-state index in [9.17, 15) is 9.59 Å². The summed E-state index contributed by atoms with van der Waals surface area (Å²) in [5.41, 5.74) is 1.45. The van der Waals surface area contributed by atoms with Crippen LogP contribution in [0.3, 0.4) is 0 Å². The van der Waals surface area contributed by atoms with Crippen LogP contribution in [-0.2, 0) is 11.3 Å². The Bertz CT molecular complexity index is 761. The van der Waals surface area contributed by atoms with Gasteiger partial charge in [-0.15, -0.1) is 0 Å². The number of carbonyl (C=O) groups excluding carboxylic acids is 1. The molecular weight excluding hydrogens is 266 g/mol. The predicted molar refractivity (Wildman–Crippen MR) is 80.9 cm³/mol. The van der Waals surface area contributed by atoms with Crippen molar-refractivity contribution in [1.82, 2.24) is 14.9 Å². The molecule has 1 aromatic heterocycles. The third kappa shape index (κ3) is 3.02. The van der Waals surface area contributed by atoms with Crippen molar-refractivity contribution in [3.8, 4) is 0 Å². The summed E-state index contributed by atoms with van der Waals surface area (Å²) in [6, 6.07) is 7.16. The maximum Gasteiger partial charge on any atom is 0.261 e. The Labute approximate surface area is 122 Å². The second kappa shape index (κ2) is 5.91. The lowest BCUT2D eigenvalue weighted by atomic mass is 10.1. The number of nitrogens with one attached hydrogen (secondary N) is 1. The summed E-state index contributed by atoms with van der Waals surface area (Å²) >= 11 is 0.